The molecule has 1 heterocycles. The summed E-state index contributed by atoms with van der Waals surface area (Å²) in [5.41, 5.74) is 3.89. The van der Waals surface area contributed by atoms with E-state index in [1.807, 2.05) is 19.1 Å². The average molecular weight is 332 g/mol. The Morgan fingerprint density at radius 2 is 2.04 bits per heavy atom. The van der Waals surface area contributed by atoms with Crippen molar-refractivity contribution in [2.45, 2.75) is 39.8 Å². The van der Waals surface area contributed by atoms with Gasteiger partial charge < -0.3 is 19.7 Å². The lowest BCUT2D eigenvalue weighted by atomic mass is 10.1. The summed E-state index contributed by atoms with van der Waals surface area (Å²) in [5, 5.41) is 12.5. The average Bonchev–Trinajstić information content (AvgIpc) is 2.75. The molecule has 0 saturated carbocycles. The number of nitrogens with one attached hydrogen (secondary N) is 1. The molecule has 0 bridgehead atoms. The monoisotopic (exact) mass is 332 g/mol. The molecule has 1 aromatic heterocycles. The summed E-state index contributed by atoms with van der Waals surface area (Å²) in [6, 6.07) is 5.15. The molecule has 0 unspecified atom stereocenters. The zero-order valence-electron chi connectivity index (χ0n) is 14.5. The fraction of sp³-hybridized carbons (Fsp3) is 0.444. The van der Waals surface area contributed by atoms with E-state index in [0.717, 1.165) is 28.7 Å². The van der Waals surface area contributed by atoms with Crippen LogP contribution in [0.5, 0.6) is 0 Å². The molecule has 0 aliphatic rings. The Hall–Kier alpha value is -2.34. The largest absolute Gasteiger partial charge is 0.481 e. The Labute approximate surface area is 141 Å². The maximum atomic E-state index is 12.3. The minimum Gasteiger partial charge on any atom is -0.481 e. The first-order chi connectivity index (χ1) is 11.3. The van der Waals surface area contributed by atoms with Crippen LogP contribution in [0, 0.1) is 13.8 Å². The minimum atomic E-state index is -0.931. The van der Waals surface area contributed by atoms with Gasteiger partial charge in [0.1, 0.15) is 0 Å². The van der Waals surface area contributed by atoms with Gasteiger partial charge in [0.25, 0.3) is 5.91 Å². The lowest BCUT2D eigenvalue weighted by Gasteiger charge is -2.12. The Morgan fingerprint density at radius 1 is 1.33 bits per heavy atom. The number of benzene rings is 1. The quantitative estimate of drug-likeness (QED) is 0.816. The van der Waals surface area contributed by atoms with Crippen molar-refractivity contribution in [1.82, 2.24) is 9.88 Å². The molecule has 0 spiro atoms. The minimum absolute atomic E-state index is 0.0977. The number of aromatic nitrogens is 1. The van der Waals surface area contributed by atoms with Crippen molar-refractivity contribution in [1.29, 1.82) is 0 Å². The van der Waals surface area contributed by atoms with Crippen molar-refractivity contribution < 1.29 is 19.4 Å². The molecule has 130 valence electrons. The number of aryl methyl sites for hydroxylation is 1. The van der Waals surface area contributed by atoms with E-state index in [1.54, 1.807) is 20.1 Å². The van der Waals surface area contributed by atoms with Gasteiger partial charge >= 0.3 is 5.97 Å². The summed E-state index contributed by atoms with van der Waals surface area (Å²) in [4.78, 5) is 23.0. The Kier molecular flexibility index (Phi) is 5.62. The molecule has 0 fully saturated rings. The first kappa shape index (κ1) is 18.0. The van der Waals surface area contributed by atoms with Gasteiger partial charge in [-0.2, -0.15) is 0 Å². The summed E-state index contributed by atoms with van der Waals surface area (Å²) < 4.78 is 7.35. The second-order valence-electron chi connectivity index (χ2n) is 6.06. The maximum Gasteiger partial charge on any atom is 0.305 e. The van der Waals surface area contributed by atoms with Crippen LogP contribution in [0.4, 0.5) is 0 Å². The molecule has 1 amide bonds. The first-order valence-electron chi connectivity index (χ1n) is 7.96. The van der Waals surface area contributed by atoms with Crippen molar-refractivity contribution in [3.8, 4) is 0 Å². The van der Waals surface area contributed by atoms with Crippen molar-refractivity contribution in [3.63, 3.8) is 0 Å². The van der Waals surface area contributed by atoms with E-state index in [9.17, 15) is 9.59 Å². The molecule has 1 atom stereocenters. The van der Waals surface area contributed by atoms with Crippen LogP contribution in [-0.2, 0) is 16.1 Å². The van der Waals surface area contributed by atoms with Crippen molar-refractivity contribution in [2.75, 3.05) is 13.7 Å². The molecule has 24 heavy (non-hydrogen) atoms. The van der Waals surface area contributed by atoms with Crippen molar-refractivity contribution in [3.05, 3.63) is 35.0 Å². The zero-order valence-corrected chi connectivity index (χ0v) is 14.5. The van der Waals surface area contributed by atoms with Gasteiger partial charge in [-0.25, -0.2) is 0 Å². The van der Waals surface area contributed by atoms with Gasteiger partial charge in [-0.3, -0.25) is 9.59 Å². The molecular formula is C18H24N2O4. The second-order valence-corrected chi connectivity index (χ2v) is 6.06. The highest BCUT2D eigenvalue weighted by Crippen LogP contribution is 2.26. The summed E-state index contributed by atoms with van der Waals surface area (Å²) in [7, 11) is 1.68. The number of carboxylic acids is 1. The standard InChI is InChI=1S/C18H24N2O4/c1-11(9-17(21)22)19-18(23)14-5-6-16-15(10-14)12(2)13(3)20(16)7-8-24-4/h5-6,10-11H,7-9H2,1-4H3,(H,19,23)(H,21,22)/t11-/m1/s1. The van der Waals surface area contributed by atoms with Crippen LogP contribution in [0.3, 0.4) is 0 Å². The van der Waals surface area contributed by atoms with Gasteiger partial charge in [-0.15, -0.1) is 0 Å². The number of ether oxygens (including phenoxy) is 1. The van der Waals surface area contributed by atoms with Crippen LogP contribution >= 0.6 is 0 Å². The maximum absolute atomic E-state index is 12.3. The van der Waals surface area contributed by atoms with Gasteiger partial charge in [0.05, 0.1) is 13.0 Å². The van der Waals surface area contributed by atoms with Crippen molar-refractivity contribution in [2.24, 2.45) is 0 Å². The highest BCUT2D eigenvalue weighted by atomic mass is 16.5. The molecule has 1 aromatic carbocycles. The Balaban J connectivity index is 2.29. The molecule has 2 N–H and O–H groups in total. The number of carboxylic acid groups (broad SMARTS) is 1. The predicted octanol–water partition coefficient (Wildman–Crippen LogP) is 2.50. The lowest BCUT2D eigenvalue weighted by molar-refractivity contribution is -0.137. The lowest BCUT2D eigenvalue weighted by Crippen LogP contribution is -2.34. The van der Waals surface area contributed by atoms with E-state index < -0.39 is 12.0 Å². The van der Waals surface area contributed by atoms with Crippen LogP contribution in [-0.4, -0.2) is 41.3 Å². The number of methoxy groups -OCH3 is 1. The van der Waals surface area contributed by atoms with E-state index in [0.29, 0.717) is 12.2 Å². The number of carbonyl (C=O) groups excluding carboxylic acids is 1. The number of aliphatic carboxylic acids is 1. The number of fused-ring (bicyclic) bond motifs is 1. The molecule has 0 aliphatic heterocycles. The molecule has 2 rings (SSSR count). The van der Waals surface area contributed by atoms with E-state index >= 15 is 0 Å². The molecule has 0 saturated heterocycles. The predicted molar refractivity (Wildman–Crippen MR) is 92.5 cm³/mol. The van der Waals surface area contributed by atoms with E-state index in [2.05, 4.69) is 16.8 Å². The van der Waals surface area contributed by atoms with Gasteiger partial charge in [-0.05, 0) is 44.5 Å². The van der Waals surface area contributed by atoms with Gasteiger partial charge in [0, 0.05) is 41.9 Å². The molecular weight excluding hydrogens is 308 g/mol. The summed E-state index contributed by atoms with van der Waals surface area (Å²) >= 11 is 0. The number of rotatable bonds is 7. The number of nitrogens with zero attached hydrogens (tertiary/aromatic N) is 1. The number of amides is 1. The van der Waals surface area contributed by atoms with Crippen LogP contribution in [0.15, 0.2) is 18.2 Å². The molecule has 2 aromatic rings. The highest BCUT2D eigenvalue weighted by molar-refractivity contribution is 5.99. The third-order valence-corrected chi connectivity index (χ3v) is 4.28. The molecule has 0 aliphatic carbocycles. The topological polar surface area (TPSA) is 80.6 Å². The fourth-order valence-electron chi connectivity index (χ4n) is 2.88. The molecule has 6 nitrogen and oxygen atoms in total. The number of carbonyl (C=O) groups is 2. The first-order valence-corrected chi connectivity index (χ1v) is 7.96. The SMILES string of the molecule is COCCn1c(C)c(C)c2cc(C(=O)N[C@H](C)CC(=O)O)ccc21. The Morgan fingerprint density at radius 3 is 2.67 bits per heavy atom. The van der Waals surface area contributed by atoms with Crippen LogP contribution < -0.4 is 5.32 Å². The van der Waals surface area contributed by atoms with Gasteiger partial charge in [0.15, 0.2) is 0 Å². The zero-order chi connectivity index (χ0) is 17.9. The summed E-state index contributed by atoms with van der Waals surface area (Å²) in [5.74, 6) is -1.19. The Bertz CT molecular complexity index is 764. The summed E-state index contributed by atoms with van der Waals surface area (Å²) in [6.07, 6.45) is -0.0977. The van der Waals surface area contributed by atoms with Gasteiger partial charge in [-0.1, -0.05) is 0 Å². The third-order valence-electron chi connectivity index (χ3n) is 4.28. The van der Waals surface area contributed by atoms with Crippen molar-refractivity contribution >= 4 is 22.8 Å². The normalized spacial score (nSPS) is 12.3. The van der Waals surface area contributed by atoms with E-state index in [-0.39, 0.29) is 12.3 Å². The molecule has 6 heteroatoms. The highest BCUT2D eigenvalue weighted by Gasteiger charge is 2.16. The van der Waals surface area contributed by atoms with Gasteiger partial charge in [0.2, 0.25) is 0 Å². The number of hydrogen-bond donors (Lipinski definition) is 2. The third kappa shape index (κ3) is 3.76. The number of hydrogen-bond acceptors (Lipinski definition) is 3. The fourth-order valence-corrected chi connectivity index (χ4v) is 2.88. The van der Waals surface area contributed by atoms with Crippen LogP contribution in [0.2, 0.25) is 0 Å². The smallest absolute Gasteiger partial charge is 0.305 e. The van der Waals surface area contributed by atoms with E-state index in [1.165, 1.54) is 0 Å². The van der Waals surface area contributed by atoms with E-state index in [4.69, 9.17) is 9.84 Å². The van der Waals surface area contributed by atoms with Crippen LogP contribution in [0.25, 0.3) is 10.9 Å². The van der Waals surface area contributed by atoms with Crippen LogP contribution in [0.1, 0.15) is 35.0 Å². The summed E-state index contributed by atoms with van der Waals surface area (Å²) in [6.45, 7) is 7.16. The molecule has 0 radical (unpaired) electrons. The second kappa shape index (κ2) is 7.49.